The predicted octanol–water partition coefficient (Wildman–Crippen LogP) is 3.06. The van der Waals surface area contributed by atoms with Gasteiger partial charge in [-0.15, -0.1) is 11.3 Å². The molecule has 1 aromatic carbocycles. The van der Waals surface area contributed by atoms with Crippen LogP contribution in [0.15, 0.2) is 36.5 Å². The van der Waals surface area contributed by atoms with Crippen molar-refractivity contribution in [3.8, 4) is 0 Å². The molecule has 0 fully saturated rings. The summed E-state index contributed by atoms with van der Waals surface area (Å²) in [5.74, 6) is 0. The second kappa shape index (κ2) is 4.24. The molecule has 3 heteroatoms. The molecule has 1 N–H and O–H groups in total. The molecule has 0 aliphatic carbocycles. The minimum Gasteiger partial charge on any atom is -0.357 e. The van der Waals surface area contributed by atoms with Crippen molar-refractivity contribution in [2.24, 2.45) is 0 Å². The Balaban J connectivity index is 1.95. The molecular weight excluding hydrogens is 192 g/mol. The van der Waals surface area contributed by atoms with Crippen LogP contribution in [0.25, 0.3) is 0 Å². The standard InChI is InChI=1S/C11H12N2S/c1-9-7-12-11(14-9)13-8-10-5-3-2-4-6-10/h2-7H,8H2,1H3,(H,12,13). The van der Waals surface area contributed by atoms with Gasteiger partial charge in [-0.1, -0.05) is 30.3 Å². The van der Waals surface area contributed by atoms with Gasteiger partial charge in [-0.25, -0.2) is 4.98 Å². The quantitative estimate of drug-likeness (QED) is 0.831. The van der Waals surface area contributed by atoms with Crippen LogP contribution in [-0.4, -0.2) is 4.98 Å². The predicted molar refractivity (Wildman–Crippen MR) is 60.6 cm³/mol. The van der Waals surface area contributed by atoms with Crippen LogP contribution in [0.2, 0.25) is 0 Å². The third kappa shape index (κ3) is 2.33. The number of anilines is 1. The van der Waals surface area contributed by atoms with Crippen LogP contribution < -0.4 is 5.32 Å². The van der Waals surface area contributed by atoms with Crippen LogP contribution in [0.3, 0.4) is 0 Å². The summed E-state index contributed by atoms with van der Waals surface area (Å²) in [5, 5.41) is 4.28. The lowest BCUT2D eigenvalue weighted by Gasteiger charge is -2.01. The van der Waals surface area contributed by atoms with Crippen LogP contribution >= 0.6 is 11.3 Å². The van der Waals surface area contributed by atoms with Gasteiger partial charge in [0, 0.05) is 17.6 Å². The molecule has 2 rings (SSSR count). The fourth-order valence-corrected chi connectivity index (χ4v) is 1.87. The van der Waals surface area contributed by atoms with E-state index >= 15 is 0 Å². The van der Waals surface area contributed by atoms with Gasteiger partial charge in [0.1, 0.15) is 0 Å². The van der Waals surface area contributed by atoms with Crippen molar-refractivity contribution in [1.29, 1.82) is 0 Å². The average molecular weight is 204 g/mol. The van der Waals surface area contributed by atoms with Gasteiger partial charge in [0.25, 0.3) is 0 Å². The maximum absolute atomic E-state index is 4.24. The summed E-state index contributed by atoms with van der Waals surface area (Å²) in [6.45, 7) is 2.90. The summed E-state index contributed by atoms with van der Waals surface area (Å²) in [5.41, 5.74) is 1.28. The van der Waals surface area contributed by atoms with Crippen molar-refractivity contribution in [1.82, 2.24) is 4.98 Å². The third-order valence-electron chi connectivity index (χ3n) is 1.91. The minimum atomic E-state index is 0.841. The molecule has 0 spiro atoms. The molecule has 0 atom stereocenters. The highest BCUT2D eigenvalue weighted by Crippen LogP contribution is 2.17. The Morgan fingerprint density at radius 2 is 2.07 bits per heavy atom. The topological polar surface area (TPSA) is 24.9 Å². The number of nitrogens with one attached hydrogen (secondary N) is 1. The molecule has 0 amide bonds. The van der Waals surface area contributed by atoms with Crippen molar-refractivity contribution in [2.45, 2.75) is 13.5 Å². The fourth-order valence-electron chi connectivity index (χ4n) is 1.21. The highest BCUT2D eigenvalue weighted by atomic mass is 32.1. The average Bonchev–Trinajstić information content (AvgIpc) is 2.63. The first kappa shape index (κ1) is 9.21. The summed E-state index contributed by atoms with van der Waals surface area (Å²) in [6, 6.07) is 10.3. The van der Waals surface area contributed by atoms with Crippen LogP contribution in [0.1, 0.15) is 10.4 Å². The van der Waals surface area contributed by atoms with E-state index in [0.29, 0.717) is 0 Å². The number of aromatic nitrogens is 1. The lowest BCUT2D eigenvalue weighted by Crippen LogP contribution is -1.97. The van der Waals surface area contributed by atoms with E-state index in [1.807, 2.05) is 24.4 Å². The van der Waals surface area contributed by atoms with E-state index in [4.69, 9.17) is 0 Å². The van der Waals surface area contributed by atoms with E-state index in [-0.39, 0.29) is 0 Å². The summed E-state index contributed by atoms with van der Waals surface area (Å²) in [7, 11) is 0. The zero-order valence-corrected chi connectivity index (χ0v) is 8.84. The number of rotatable bonds is 3. The second-order valence-corrected chi connectivity index (χ2v) is 4.35. The van der Waals surface area contributed by atoms with Crippen molar-refractivity contribution < 1.29 is 0 Å². The van der Waals surface area contributed by atoms with Gasteiger partial charge in [-0.3, -0.25) is 0 Å². The zero-order chi connectivity index (χ0) is 9.80. The monoisotopic (exact) mass is 204 g/mol. The fraction of sp³-hybridized carbons (Fsp3) is 0.182. The Bertz CT molecular complexity index is 395. The van der Waals surface area contributed by atoms with E-state index in [9.17, 15) is 0 Å². The normalized spacial score (nSPS) is 10.1. The van der Waals surface area contributed by atoms with Crippen molar-refractivity contribution >= 4 is 16.5 Å². The molecule has 0 aliphatic rings. The maximum Gasteiger partial charge on any atom is 0.183 e. The van der Waals surface area contributed by atoms with Crippen molar-refractivity contribution in [3.63, 3.8) is 0 Å². The Morgan fingerprint density at radius 1 is 1.29 bits per heavy atom. The van der Waals surface area contributed by atoms with E-state index < -0.39 is 0 Å². The van der Waals surface area contributed by atoms with Crippen LogP contribution in [-0.2, 0) is 6.54 Å². The number of aryl methyl sites for hydroxylation is 1. The van der Waals surface area contributed by atoms with Gasteiger partial charge in [0.2, 0.25) is 0 Å². The molecule has 0 saturated carbocycles. The van der Waals surface area contributed by atoms with Crippen LogP contribution in [0.5, 0.6) is 0 Å². The Hall–Kier alpha value is -1.35. The second-order valence-electron chi connectivity index (χ2n) is 3.12. The molecule has 72 valence electrons. The van der Waals surface area contributed by atoms with E-state index in [1.54, 1.807) is 11.3 Å². The van der Waals surface area contributed by atoms with Crippen LogP contribution in [0.4, 0.5) is 5.13 Å². The van der Waals surface area contributed by atoms with Crippen LogP contribution in [0, 0.1) is 6.92 Å². The lowest BCUT2D eigenvalue weighted by atomic mass is 10.2. The van der Waals surface area contributed by atoms with Gasteiger partial charge in [0.15, 0.2) is 5.13 Å². The molecular formula is C11H12N2S. The molecule has 0 aliphatic heterocycles. The highest BCUT2D eigenvalue weighted by molar-refractivity contribution is 7.15. The van der Waals surface area contributed by atoms with E-state index in [0.717, 1.165) is 11.7 Å². The molecule has 0 unspecified atom stereocenters. The first-order valence-electron chi connectivity index (χ1n) is 4.55. The summed E-state index contributed by atoms with van der Waals surface area (Å²) < 4.78 is 0. The largest absolute Gasteiger partial charge is 0.357 e. The highest BCUT2D eigenvalue weighted by Gasteiger charge is 1.96. The molecule has 2 aromatic rings. The van der Waals surface area contributed by atoms with Gasteiger partial charge < -0.3 is 5.32 Å². The first-order valence-corrected chi connectivity index (χ1v) is 5.36. The first-order chi connectivity index (χ1) is 6.84. The molecule has 1 aromatic heterocycles. The number of hydrogen-bond donors (Lipinski definition) is 1. The molecule has 0 saturated heterocycles. The lowest BCUT2D eigenvalue weighted by molar-refractivity contribution is 1.13. The van der Waals surface area contributed by atoms with E-state index in [1.165, 1.54) is 10.4 Å². The van der Waals surface area contributed by atoms with Gasteiger partial charge in [-0.2, -0.15) is 0 Å². The number of hydrogen-bond acceptors (Lipinski definition) is 3. The van der Waals surface area contributed by atoms with Gasteiger partial charge in [-0.05, 0) is 12.5 Å². The van der Waals surface area contributed by atoms with Gasteiger partial charge in [0.05, 0.1) is 0 Å². The van der Waals surface area contributed by atoms with Gasteiger partial charge >= 0.3 is 0 Å². The molecule has 2 nitrogen and oxygen atoms in total. The smallest absolute Gasteiger partial charge is 0.183 e. The Morgan fingerprint density at radius 3 is 2.71 bits per heavy atom. The number of thiazole rings is 1. The summed E-state index contributed by atoms with van der Waals surface area (Å²) in [6.07, 6.45) is 1.89. The molecule has 0 bridgehead atoms. The Kier molecular flexibility index (Phi) is 2.79. The molecule has 0 radical (unpaired) electrons. The maximum atomic E-state index is 4.24. The number of nitrogens with zero attached hydrogens (tertiary/aromatic N) is 1. The third-order valence-corrected chi connectivity index (χ3v) is 2.78. The van der Waals surface area contributed by atoms with Crippen molar-refractivity contribution in [2.75, 3.05) is 5.32 Å². The summed E-state index contributed by atoms with van der Waals surface area (Å²) in [4.78, 5) is 5.47. The minimum absolute atomic E-state index is 0.841. The Labute approximate surface area is 87.6 Å². The molecule has 1 heterocycles. The zero-order valence-electron chi connectivity index (χ0n) is 8.03. The van der Waals surface area contributed by atoms with Crippen molar-refractivity contribution in [3.05, 3.63) is 47.0 Å². The SMILES string of the molecule is Cc1cnc(NCc2ccccc2)s1. The summed E-state index contributed by atoms with van der Waals surface area (Å²) >= 11 is 1.68. The number of benzene rings is 1. The molecule has 14 heavy (non-hydrogen) atoms. The van der Waals surface area contributed by atoms with E-state index in [2.05, 4.69) is 29.4 Å².